The molecule has 0 aliphatic carbocycles. The van der Waals surface area contributed by atoms with Crippen molar-refractivity contribution in [1.82, 2.24) is 10.2 Å². The molecule has 8 nitrogen and oxygen atoms in total. The summed E-state index contributed by atoms with van der Waals surface area (Å²) in [4.78, 5) is 40.0. The van der Waals surface area contributed by atoms with Crippen molar-refractivity contribution in [3.63, 3.8) is 0 Å². The highest BCUT2D eigenvalue weighted by Crippen LogP contribution is 2.35. The lowest BCUT2D eigenvalue weighted by atomic mass is 9.99. The SMILES string of the molecule is CCC(C)NC(=O)C1C(c2cccc(NC(=O)c3ccco3)c2)OC(=O)N1Cc1ccccc1. The minimum absolute atomic E-state index is 0.0543. The van der Waals surface area contributed by atoms with Crippen LogP contribution in [0.3, 0.4) is 0 Å². The van der Waals surface area contributed by atoms with E-state index in [1.54, 1.807) is 36.4 Å². The van der Waals surface area contributed by atoms with Gasteiger partial charge < -0.3 is 19.8 Å². The second-order valence-corrected chi connectivity index (χ2v) is 8.24. The van der Waals surface area contributed by atoms with Crippen molar-refractivity contribution >= 4 is 23.6 Å². The fourth-order valence-corrected chi connectivity index (χ4v) is 3.81. The summed E-state index contributed by atoms with van der Waals surface area (Å²) < 4.78 is 10.8. The Labute approximate surface area is 197 Å². The van der Waals surface area contributed by atoms with Gasteiger partial charge in [-0.25, -0.2) is 4.79 Å². The number of benzene rings is 2. The molecule has 34 heavy (non-hydrogen) atoms. The van der Waals surface area contributed by atoms with Crippen LogP contribution in [0, 0.1) is 0 Å². The van der Waals surface area contributed by atoms with Gasteiger partial charge in [0.2, 0.25) is 5.91 Å². The quantitative estimate of drug-likeness (QED) is 0.514. The molecular formula is C26H27N3O5. The van der Waals surface area contributed by atoms with Gasteiger partial charge in [0, 0.05) is 11.7 Å². The Kier molecular flexibility index (Phi) is 6.96. The number of cyclic esters (lactones) is 1. The molecule has 1 aliphatic heterocycles. The van der Waals surface area contributed by atoms with E-state index in [-0.39, 0.29) is 24.3 Å². The molecule has 3 amide bonds. The third-order valence-electron chi connectivity index (χ3n) is 5.77. The maximum atomic E-state index is 13.3. The second kappa shape index (κ2) is 10.2. The predicted molar refractivity (Wildman–Crippen MR) is 126 cm³/mol. The largest absolute Gasteiger partial charge is 0.459 e. The fourth-order valence-electron chi connectivity index (χ4n) is 3.81. The van der Waals surface area contributed by atoms with Crippen LogP contribution in [-0.2, 0) is 16.1 Å². The molecule has 1 aromatic heterocycles. The summed E-state index contributed by atoms with van der Waals surface area (Å²) in [7, 11) is 0. The number of amides is 3. The van der Waals surface area contributed by atoms with E-state index in [0.29, 0.717) is 11.3 Å². The summed E-state index contributed by atoms with van der Waals surface area (Å²) in [6.07, 6.45) is 0.777. The van der Waals surface area contributed by atoms with Crippen molar-refractivity contribution in [2.45, 2.75) is 45.0 Å². The molecule has 8 heteroatoms. The fraction of sp³-hybridized carbons (Fsp3) is 0.269. The highest BCUT2D eigenvalue weighted by molar-refractivity contribution is 6.02. The predicted octanol–water partition coefficient (Wildman–Crippen LogP) is 4.51. The molecule has 1 fully saturated rings. The molecule has 2 N–H and O–H groups in total. The summed E-state index contributed by atoms with van der Waals surface area (Å²) in [6.45, 7) is 4.13. The second-order valence-electron chi connectivity index (χ2n) is 8.24. The van der Waals surface area contributed by atoms with Gasteiger partial charge in [-0.3, -0.25) is 14.5 Å². The summed E-state index contributed by atoms with van der Waals surface area (Å²) >= 11 is 0. The minimum atomic E-state index is -0.863. The van der Waals surface area contributed by atoms with Gasteiger partial charge in [0.05, 0.1) is 12.8 Å². The van der Waals surface area contributed by atoms with Crippen molar-refractivity contribution in [2.24, 2.45) is 0 Å². The lowest BCUT2D eigenvalue weighted by Crippen LogP contribution is -2.48. The average Bonchev–Trinajstić information content (AvgIpc) is 3.49. The van der Waals surface area contributed by atoms with Crippen molar-refractivity contribution in [3.05, 3.63) is 89.9 Å². The topological polar surface area (TPSA) is 101 Å². The van der Waals surface area contributed by atoms with Crippen LogP contribution < -0.4 is 10.6 Å². The van der Waals surface area contributed by atoms with Crippen molar-refractivity contribution in [3.8, 4) is 0 Å². The molecule has 3 unspecified atom stereocenters. The van der Waals surface area contributed by atoms with E-state index < -0.39 is 24.1 Å². The highest BCUT2D eigenvalue weighted by atomic mass is 16.6. The Morgan fingerprint density at radius 1 is 1.06 bits per heavy atom. The van der Waals surface area contributed by atoms with E-state index in [1.165, 1.54) is 11.2 Å². The molecular weight excluding hydrogens is 434 g/mol. The van der Waals surface area contributed by atoms with Crippen LogP contribution in [0.5, 0.6) is 0 Å². The molecule has 0 radical (unpaired) electrons. The third-order valence-corrected chi connectivity index (χ3v) is 5.77. The van der Waals surface area contributed by atoms with Gasteiger partial charge in [-0.05, 0) is 48.7 Å². The van der Waals surface area contributed by atoms with Gasteiger partial charge >= 0.3 is 6.09 Å². The van der Waals surface area contributed by atoms with Crippen LogP contribution in [-0.4, -0.2) is 34.9 Å². The Morgan fingerprint density at radius 3 is 2.56 bits per heavy atom. The Hall–Kier alpha value is -4.07. The molecule has 1 aliphatic rings. The molecule has 4 rings (SSSR count). The van der Waals surface area contributed by atoms with Crippen LogP contribution >= 0.6 is 0 Å². The molecule has 0 bridgehead atoms. The number of hydrogen-bond donors (Lipinski definition) is 2. The van der Waals surface area contributed by atoms with Crippen molar-refractivity contribution in [1.29, 1.82) is 0 Å². The first-order chi connectivity index (χ1) is 16.5. The Balaban J connectivity index is 1.61. The molecule has 0 saturated carbocycles. The highest BCUT2D eigenvalue weighted by Gasteiger charge is 2.47. The molecule has 3 aromatic rings. The number of hydrogen-bond acceptors (Lipinski definition) is 5. The third kappa shape index (κ3) is 5.11. The number of nitrogens with zero attached hydrogens (tertiary/aromatic N) is 1. The van der Waals surface area contributed by atoms with Crippen molar-refractivity contribution < 1.29 is 23.5 Å². The van der Waals surface area contributed by atoms with Gasteiger partial charge in [-0.2, -0.15) is 0 Å². The van der Waals surface area contributed by atoms with Gasteiger partial charge in [0.1, 0.15) is 0 Å². The molecule has 2 heterocycles. The van der Waals surface area contributed by atoms with E-state index in [0.717, 1.165) is 12.0 Å². The smallest absolute Gasteiger partial charge is 0.411 e. The number of furan rings is 1. The number of ether oxygens (including phenoxy) is 1. The number of carbonyl (C=O) groups excluding carboxylic acids is 3. The van der Waals surface area contributed by atoms with E-state index in [9.17, 15) is 14.4 Å². The van der Waals surface area contributed by atoms with Crippen LogP contribution in [0.15, 0.2) is 77.4 Å². The zero-order valence-corrected chi connectivity index (χ0v) is 19.1. The summed E-state index contributed by atoms with van der Waals surface area (Å²) in [6, 6.07) is 18.7. The zero-order valence-electron chi connectivity index (χ0n) is 19.1. The van der Waals surface area contributed by atoms with Crippen LogP contribution in [0.1, 0.15) is 48.1 Å². The maximum absolute atomic E-state index is 13.3. The first-order valence-corrected chi connectivity index (χ1v) is 11.2. The minimum Gasteiger partial charge on any atom is -0.459 e. The van der Waals surface area contributed by atoms with Gasteiger partial charge in [-0.1, -0.05) is 49.4 Å². The summed E-state index contributed by atoms with van der Waals surface area (Å²) in [5, 5.41) is 5.75. The number of anilines is 1. The van der Waals surface area contributed by atoms with Crippen LogP contribution in [0.25, 0.3) is 0 Å². The Morgan fingerprint density at radius 2 is 1.85 bits per heavy atom. The molecule has 0 spiro atoms. The molecule has 1 saturated heterocycles. The average molecular weight is 462 g/mol. The van der Waals surface area contributed by atoms with Crippen LogP contribution in [0.2, 0.25) is 0 Å². The lowest BCUT2D eigenvalue weighted by molar-refractivity contribution is -0.127. The van der Waals surface area contributed by atoms with E-state index >= 15 is 0 Å². The van der Waals surface area contributed by atoms with Gasteiger partial charge in [0.15, 0.2) is 17.9 Å². The summed E-state index contributed by atoms with van der Waals surface area (Å²) in [5.74, 6) is -0.508. The lowest BCUT2D eigenvalue weighted by Gasteiger charge is -2.25. The summed E-state index contributed by atoms with van der Waals surface area (Å²) in [5.41, 5.74) is 1.99. The molecule has 176 valence electrons. The standard InChI is InChI=1S/C26H27N3O5/c1-3-17(2)27-25(31)22-23(34-26(32)29(22)16-18-9-5-4-6-10-18)19-11-7-12-20(15-19)28-24(30)21-13-8-14-33-21/h4-15,17,22-23H,3,16H2,1-2H3,(H,27,31)(H,28,30). The van der Waals surface area contributed by atoms with E-state index in [4.69, 9.17) is 9.15 Å². The maximum Gasteiger partial charge on any atom is 0.411 e. The number of carbonyl (C=O) groups is 3. The van der Waals surface area contributed by atoms with Gasteiger partial charge in [0.25, 0.3) is 5.91 Å². The van der Waals surface area contributed by atoms with Crippen molar-refractivity contribution in [2.75, 3.05) is 5.32 Å². The zero-order chi connectivity index (χ0) is 24.1. The number of nitrogens with one attached hydrogen (secondary N) is 2. The normalized spacial score (nSPS) is 18.3. The molecule has 3 atom stereocenters. The van der Waals surface area contributed by atoms with Gasteiger partial charge in [-0.15, -0.1) is 0 Å². The number of rotatable bonds is 8. The Bertz CT molecular complexity index is 1150. The monoisotopic (exact) mass is 461 g/mol. The van der Waals surface area contributed by atoms with E-state index in [1.807, 2.05) is 44.2 Å². The van der Waals surface area contributed by atoms with E-state index in [2.05, 4.69) is 10.6 Å². The molecule has 2 aromatic carbocycles. The van der Waals surface area contributed by atoms with Crippen LogP contribution in [0.4, 0.5) is 10.5 Å². The first-order valence-electron chi connectivity index (χ1n) is 11.2. The first kappa shape index (κ1) is 23.1.